The third kappa shape index (κ3) is 3.38. The lowest BCUT2D eigenvalue weighted by atomic mass is 10.0. The van der Waals surface area contributed by atoms with Crippen LogP contribution >= 0.6 is 0 Å². The number of methoxy groups -OCH3 is 1. The summed E-state index contributed by atoms with van der Waals surface area (Å²) < 4.78 is 50.3. The van der Waals surface area contributed by atoms with E-state index in [9.17, 15) is 13.2 Å². The normalized spacial score (nSPS) is 21.5. The maximum absolute atomic E-state index is 13.2. The van der Waals surface area contributed by atoms with Gasteiger partial charge in [-0.1, -0.05) is 5.16 Å². The number of hydrogen-bond donors (Lipinski definition) is 0. The lowest BCUT2D eigenvalue weighted by molar-refractivity contribution is -0.137. The summed E-state index contributed by atoms with van der Waals surface area (Å²) in [6, 6.07) is 4.18. The number of aryl methyl sites for hydroxylation is 1. The number of halogens is 3. The average molecular weight is 341 g/mol. The Morgan fingerprint density at radius 1 is 1.38 bits per heavy atom. The Morgan fingerprint density at radius 2 is 2.17 bits per heavy atom. The van der Waals surface area contributed by atoms with Crippen LogP contribution in [0.15, 0.2) is 28.9 Å². The highest BCUT2D eigenvalue weighted by Crippen LogP contribution is 2.37. The van der Waals surface area contributed by atoms with Crippen molar-refractivity contribution in [1.29, 1.82) is 0 Å². The molecular weight excluding hydrogens is 323 g/mol. The monoisotopic (exact) mass is 341 g/mol. The van der Waals surface area contributed by atoms with Gasteiger partial charge in [0.15, 0.2) is 0 Å². The fourth-order valence-electron chi connectivity index (χ4n) is 3.12. The number of ether oxygens (including phenoxy) is 1. The number of rotatable bonds is 4. The number of alkyl halides is 3. The standard InChI is InChI=1S/C16H18F3N3O2/c1-10-6-12(24-21-10)7-11-8-22(9-14(11)23-2)15-13(16(17,18)19)4-3-5-20-15/h3-6,11,14H,7-9H2,1-2H3/t11-,14+/m1/s1. The van der Waals surface area contributed by atoms with Crippen molar-refractivity contribution in [3.8, 4) is 0 Å². The van der Waals surface area contributed by atoms with Crippen LogP contribution in [0.3, 0.4) is 0 Å². The maximum atomic E-state index is 13.2. The molecule has 0 aromatic carbocycles. The summed E-state index contributed by atoms with van der Waals surface area (Å²) >= 11 is 0. The molecule has 1 aliphatic heterocycles. The Hall–Kier alpha value is -2.09. The van der Waals surface area contributed by atoms with Crippen LogP contribution in [0.25, 0.3) is 0 Å². The predicted molar refractivity (Wildman–Crippen MR) is 80.7 cm³/mol. The first kappa shape index (κ1) is 16.8. The van der Waals surface area contributed by atoms with Crippen LogP contribution in [-0.2, 0) is 17.3 Å². The van der Waals surface area contributed by atoms with E-state index in [2.05, 4.69) is 10.1 Å². The molecule has 8 heteroatoms. The Labute approximate surface area is 137 Å². The highest BCUT2D eigenvalue weighted by molar-refractivity contribution is 5.49. The molecule has 0 bridgehead atoms. The lowest BCUT2D eigenvalue weighted by Gasteiger charge is -2.21. The second-order valence-electron chi connectivity index (χ2n) is 5.95. The van der Waals surface area contributed by atoms with Gasteiger partial charge in [-0.25, -0.2) is 4.98 Å². The molecule has 0 aliphatic carbocycles. The molecule has 1 aliphatic rings. The summed E-state index contributed by atoms with van der Waals surface area (Å²) in [6.07, 6.45) is -2.70. The number of pyridine rings is 1. The molecule has 130 valence electrons. The summed E-state index contributed by atoms with van der Waals surface area (Å²) in [4.78, 5) is 5.59. The summed E-state index contributed by atoms with van der Waals surface area (Å²) in [5.74, 6) is 0.659. The van der Waals surface area contributed by atoms with Gasteiger partial charge < -0.3 is 14.2 Å². The summed E-state index contributed by atoms with van der Waals surface area (Å²) in [5, 5.41) is 3.84. The minimum absolute atomic E-state index is 0.00504. The van der Waals surface area contributed by atoms with Gasteiger partial charge in [0.05, 0.1) is 17.4 Å². The molecule has 2 atom stereocenters. The molecule has 2 aromatic heterocycles. The van der Waals surface area contributed by atoms with Crippen molar-refractivity contribution in [3.63, 3.8) is 0 Å². The van der Waals surface area contributed by atoms with E-state index < -0.39 is 11.7 Å². The molecule has 3 heterocycles. The van der Waals surface area contributed by atoms with Crippen LogP contribution in [0, 0.1) is 12.8 Å². The first-order chi connectivity index (χ1) is 11.4. The van der Waals surface area contributed by atoms with E-state index in [0.717, 1.165) is 11.8 Å². The zero-order valence-electron chi connectivity index (χ0n) is 13.4. The van der Waals surface area contributed by atoms with Gasteiger partial charge in [0.25, 0.3) is 0 Å². The summed E-state index contributed by atoms with van der Waals surface area (Å²) in [6.45, 7) is 2.60. The topological polar surface area (TPSA) is 51.4 Å². The van der Waals surface area contributed by atoms with E-state index in [1.807, 2.05) is 13.0 Å². The highest BCUT2D eigenvalue weighted by Gasteiger charge is 2.40. The molecule has 0 amide bonds. The smallest absolute Gasteiger partial charge is 0.379 e. The van der Waals surface area contributed by atoms with Crippen LogP contribution in [0.5, 0.6) is 0 Å². The number of nitrogens with zero attached hydrogens (tertiary/aromatic N) is 3. The average Bonchev–Trinajstić information content (AvgIpc) is 3.13. The van der Waals surface area contributed by atoms with E-state index in [1.54, 1.807) is 12.0 Å². The van der Waals surface area contributed by atoms with Crippen LogP contribution in [0.2, 0.25) is 0 Å². The fraction of sp³-hybridized carbons (Fsp3) is 0.500. The van der Waals surface area contributed by atoms with Gasteiger partial charge in [0, 0.05) is 44.8 Å². The van der Waals surface area contributed by atoms with Crippen molar-refractivity contribution in [2.75, 3.05) is 25.1 Å². The molecule has 0 unspecified atom stereocenters. The van der Waals surface area contributed by atoms with Crippen molar-refractivity contribution < 1.29 is 22.4 Å². The third-order valence-electron chi connectivity index (χ3n) is 4.22. The highest BCUT2D eigenvalue weighted by atomic mass is 19.4. The Morgan fingerprint density at radius 3 is 2.79 bits per heavy atom. The van der Waals surface area contributed by atoms with Gasteiger partial charge in [0.2, 0.25) is 0 Å². The van der Waals surface area contributed by atoms with Crippen molar-refractivity contribution in [3.05, 3.63) is 41.4 Å². The van der Waals surface area contributed by atoms with Gasteiger partial charge in [-0.15, -0.1) is 0 Å². The molecule has 1 fully saturated rings. The Kier molecular flexibility index (Phi) is 4.49. The first-order valence-corrected chi connectivity index (χ1v) is 7.60. The minimum Gasteiger partial charge on any atom is -0.379 e. The van der Waals surface area contributed by atoms with E-state index in [1.165, 1.54) is 12.3 Å². The molecular formula is C16H18F3N3O2. The molecule has 5 nitrogen and oxygen atoms in total. The van der Waals surface area contributed by atoms with E-state index >= 15 is 0 Å². The van der Waals surface area contributed by atoms with Gasteiger partial charge in [-0.2, -0.15) is 13.2 Å². The zero-order valence-corrected chi connectivity index (χ0v) is 13.4. The van der Waals surface area contributed by atoms with Crippen LogP contribution in [0.1, 0.15) is 17.0 Å². The molecule has 2 aromatic rings. The first-order valence-electron chi connectivity index (χ1n) is 7.60. The summed E-state index contributed by atoms with van der Waals surface area (Å²) in [7, 11) is 1.57. The van der Waals surface area contributed by atoms with Crippen LogP contribution < -0.4 is 4.90 Å². The van der Waals surface area contributed by atoms with Crippen LogP contribution in [-0.4, -0.2) is 36.4 Å². The second-order valence-corrected chi connectivity index (χ2v) is 5.95. The zero-order chi connectivity index (χ0) is 17.3. The van der Waals surface area contributed by atoms with Gasteiger partial charge in [-0.3, -0.25) is 0 Å². The van der Waals surface area contributed by atoms with Crippen molar-refractivity contribution in [2.45, 2.75) is 25.6 Å². The number of aromatic nitrogens is 2. The molecule has 3 rings (SSSR count). The minimum atomic E-state index is -4.44. The fourth-order valence-corrected chi connectivity index (χ4v) is 3.12. The molecule has 0 N–H and O–H groups in total. The van der Waals surface area contributed by atoms with Gasteiger partial charge >= 0.3 is 6.18 Å². The largest absolute Gasteiger partial charge is 0.419 e. The third-order valence-corrected chi connectivity index (χ3v) is 4.22. The van der Waals surface area contributed by atoms with Crippen molar-refractivity contribution in [2.24, 2.45) is 5.92 Å². The van der Waals surface area contributed by atoms with E-state index in [4.69, 9.17) is 9.26 Å². The molecule has 0 spiro atoms. The maximum Gasteiger partial charge on any atom is 0.419 e. The van der Waals surface area contributed by atoms with Crippen LogP contribution in [0.4, 0.5) is 19.0 Å². The van der Waals surface area contributed by atoms with E-state index in [-0.39, 0.29) is 17.8 Å². The summed E-state index contributed by atoms with van der Waals surface area (Å²) in [5.41, 5.74) is 0.0499. The Balaban J connectivity index is 1.82. The SMILES string of the molecule is CO[C@H]1CN(c2ncccc2C(F)(F)F)C[C@H]1Cc1cc(C)no1. The number of anilines is 1. The van der Waals surface area contributed by atoms with E-state index in [0.29, 0.717) is 25.3 Å². The molecule has 24 heavy (non-hydrogen) atoms. The van der Waals surface area contributed by atoms with Gasteiger partial charge in [-0.05, 0) is 19.1 Å². The van der Waals surface area contributed by atoms with Gasteiger partial charge in [0.1, 0.15) is 11.6 Å². The molecule has 0 radical (unpaired) electrons. The lowest BCUT2D eigenvalue weighted by Crippen LogP contribution is -2.26. The van der Waals surface area contributed by atoms with Crippen molar-refractivity contribution in [1.82, 2.24) is 10.1 Å². The predicted octanol–water partition coefficient (Wildman–Crippen LogP) is 3.09. The quantitative estimate of drug-likeness (QED) is 0.855. The van der Waals surface area contributed by atoms with Crippen molar-refractivity contribution >= 4 is 5.82 Å². The molecule has 1 saturated heterocycles. The molecule has 0 saturated carbocycles. The Bertz CT molecular complexity index is 702. The number of hydrogen-bond acceptors (Lipinski definition) is 5. The second kappa shape index (κ2) is 6.43.